The van der Waals surface area contributed by atoms with Crippen molar-refractivity contribution in [2.24, 2.45) is 0 Å². The van der Waals surface area contributed by atoms with E-state index >= 15 is 0 Å². The topological polar surface area (TPSA) is 38.7 Å². The summed E-state index contributed by atoms with van der Waals surface area (Å²) >= 11 is 0. The fraction of sp³-hybridized carbons (Fsp3) is 0.571. The van der Waals surface area contributed by atoms with E-state index in [4.69, 9.17) is 9.47 Å². The summed E-state index contributed by atoms with van der Waals surface area (Å²) in [6.45, 7) is 3.62. The van der Waals surface area contributed by atoms with Gasteiger partial charge in [0.25, 0.3) is 0 Å². The maximum Gasteiger partial charge on any atom is 0.389 e. The van der Waals surface area contributed by atoms with Crippen molar-refractivity contribution in [1.82, 2.24) is 0 Å². The van der Waals surface area contributed by atoms with E-state index in [0.29, 0.717) is 11.3 Å². The van der Waals surface area contributed by atoms with Crippen molar-refractivity contribution < 1.29 is 27.8 Å². The van der Waals surface area contributed by atoms with E-state index in [1.807, 2.05) is 0 Å². The first-order valence-corrected chi connectivity index (χ1v) is 6.41. The van der Waals surface area contributed by atoms with Gasteiger partial charge in [0.1, 0.15) is 5.75 Å². The molecule has 6 heteroatoms. The molecule has 0 saturated carbocycles. The number of halogens is 3. The number of hydrogen-bond donors (Lipinski definition) is 1. The van der Waals surface area contributed by atoms with Crippen LogP contribution < -0.4 is 4.74 Å². The number of benzene rings is 1. The summed E-state index contributed by atoms with van der Waals surface area (Å²) in [5.74, 6) is 0.465. The highest BCUT2D eigenvalue weighted by Gasteiger charge is 2.26. The molecule has 0 aliphatic carbocycles. The standard InChI is InChI=1S/C14H19F3O3/c1-10(2)20-13(18)11-4-6-12(7-5-11)19-9-3-8-14(15,16)17/h4-7,10,13,18H,3,8-9H2,1-2H3. The molecule has 1 aromatic rings. The van der Waals surface area contributed by atoms with Crippen LogP contribution in [0.15, 0.2) is 24.3 Å². The van der Waals surface area contributed by atoms with Crippen molar-refractivity contribution >= 4 is 0 Å². The van der Waals surface area contributed by atoms with E-state index in [0.717, 1.165) is 0 Å². The Labute approximate surface area is 116 Å². The van der Waals surface area contributed by atoms with Crippen LogP contribution in [0, 0.1) is 0 Å². The molecule has 3 nitrogen and oxygen atoms in total. The van der Waals surface area contributed by atoms with Gasteiger partial charge < -0.3 is 14.6 Å². The Morgan fingerprint density at radius 1 is 1.15 bits per heavy atom. The van der Waals surface area contributed by atoms with Crippen LogP contribution in [-0.4, -0.2) is 24.0 Å². The van der Waals surface area contributed by atoms with E-state index in [9.17, 15) is 18.3 Å². The minimum Gasteiger partial charge on any atom is -0.494 e. The number of aliphatic hydroxyl groups is 1. The van der Waals surface area contributed by atoms with Gasteiger partial charge in [-0.1, -0.05) is 12.1 Å². The lowest BCUT2D eigenvalue weighted by molar-refractivity contribution is -0.136. The quantitative estimate of drug-likeness (QED) is 0.613. The van der Waals surface area contributed by atoms with Gasteiger partial charge in [-0.15, -0.1) is 0 Å². The van der Waals surface area contributed by atoms with Gasteiger partial charge in [-0.3, -0.25) is 0 Å². The molecule has 0 aromatic heterocycles. The molecular weight excluding hydrogens is 273 g/mol. The summed E-state index contributed by atoms with van der Waals surface area (Å²) in [6, 6.07) is 6.42. The number of rotatable bonds is 7. The molecule has 20 heavy (non-hydrogen) atoms. The van der Waals surface area contributed by atoms with E-state index in [2.05, 4.69) is 0 Å². The Kier molecular flexibility index (Phi) is 6.29. The molecule has 0 saturated heterocycles. The summed E-state index contributed by atoms with van der Waals surface area (Å²) in [7, 11) is 0. The maximum atomic E-state index is 11.9. The lowest BCUT2D eigenvalue weighted by Gasteiger charge is -2.15. The van der Waals surface area contributed by atoms with Crippen molar-refractivity contribution in [3.63, 3.8) is 0 Å². The van der Waals surface area contributed by atoms with Crippen molar-refractivity contribution in [2.45, 2.75) is 45.3 Å². The van der Waals surface area contributed by atoms with E-state index in [-0.39, 0.29) is 19.1 Å². The predicted octanol–water partition coefficient (Wildman–Crippen LogP) is 3.82. The molecule has 1 rings (SSSR count). The summed E-state index contributed by atoms with van der Waals surface area (Å²) in [5.41, 5.74) is 0.571. The number of hydrogen-bond acceptors (Lipinski definition) is 3. The van der Waals surface area contributed by atoms with Crippen LogP contribution in [0.5, 0.6) is 5.75 Å². The molecule has 0 heterocycles. The Balaban J connectivity index is 2.39. The third-order valence-electron chi connectivity index (χ3n) is 2.44. The zero-order valence-corrected chi connectivity index (χ0v) is 11.5. The van der Waals surface area contributed by atoms with Gasteiger partial charge in [0, 0.05) is 12.0 Å². The average Bonchev–Trinajstić information content (AvgIpc) is 2.33. The molecular formula is C14H19F3O3. The average molecular weight is 292 g/mol. The van der Waals surface area contributed by atoms with E-state index < -0.39 is 18.9 Å². The molecule has 1 atom stereocenters. The maximum absolute atomic E-state index is 11.9. The van der Waals surface area contributed by atoms with Crippen molar-refractivity contribution in [3.8, 4) is 5.75 Å². The van der Waals surface area contributed by atoms with Gasteiger partial charge in [-0.25, -0.2) is 0 Å². The Morgan fingerprint density at radius 2 is 1.75 bits per heavy atom. The van der Waals surface area contributed by atoms with E-state index in [1.54, 1.807) is 38.1 Å². The van der Waals surface area contributed by atoms with Crippen LogP contribution >= 0.6 is 0 Å². The summed E-state index contributed by atoms with van der Waals surface area (Å²) < 4.78 is 46.2. The summed E-state index contributed by atoms with van der Waals surface area (Å²) in [6.07, 6.45) is -6.21. The second kappa shape index (κ2) is 7.50. The lowest BCUT2D eigenvalue weighted by Crippen LogP contribution is -2.10. The highest BCUT2D eigenvalue weighted by atomic mass is 19.4. The van der Waals surface area contributed by atoms with Gasteiger partial charge in [0.15, 0.2) is 6.29 Å². The first kappa shape index (κ1) is 16.8. The van der Waals surface area contributed by atoms with Crippen molar-refractivity contribution in [3.05, 3.63) is 29.8 Å². The Hall–Kier alpha value is -1.27. The molecule has 0 aliphatic heterocycles. The fourth-order valence-electron chi connectivity index (χ4n) is 1.53. The first-order chi connectivity index (χ1) is 9.28. The predicted molar refractivity (Wildman–Crippen MR) is 68.4 cm³/mol. The van der Waals surface area contributed by atoms with Gasteiger partial charge >= 0.3 is 6.18 Å². The van der Waals surface area contributed by atoms with Crippen LogP contribution in [0.25, 0.3) is 0 Å². The van der Waals surface area contributed by atoms with Crippen LogP contribution in [-0.2, 0) is 4.74 Å². The molecule has 0 spiro atoms. The van der Waals surface area contributed by atoms with Gasteiger partial charge in [0.05, 0.1) is 12.7 Å². The van der Waals surface area contributed by atoms with Crippen molar-refractivity contribution in [1.29, 1.82) is 0 Å². The zero-order chi connectivity index (χ0) is 15.2. The Morgan fingerprint density at radius 3 is 2.25 bits per heavy atom. The van der Waals surface area contributed by atoms with Crippen LogP contribution in [0.4, 0.5) is 13.2 Å². The number of aliphatic hydroxyl groups excluding tert-OH is 1. The monoisotopic (exact) mass is 292 g/mol. The van der Waals surface area contributed by atoms with E-state index in [1.165, 1.54) is 0 Å². The summed E-state index contributed by atoms with van der Waals surface area (Å²) in [4.78, 5) is 0. The van der Waals surface area contributed by atoms with Gasteiger partial charge in [-0.05, 0) is 32.4 Å². The normalized spacial score (nSPS) is 13.6. The highest BCUT2D eigenvalue weighted by molar-refractivity contribution is 5.27. The number of ether oxygens (including phenoxy) is 2. The zero-order valence-electron chi connectivity index (χ0n) is 11.5. The minimum absolute atomic E-state index is 0.00387. The third kappa shape index (κ3) is 6.77. The smallest absolute Gasteiger partial charge is 0.389 e. The highest BCUT2D eigenvalue weighted by Crippen LogP contribution is 2.22. The summed E-state index contributed by atoms with van der Waals surface area (Å²) in [5, 5.41) is 9.70. The molecule has 1 N–H and O–H groups in total. The molecule has 1 unspecified atom stereocenters. The second-order valence-electron chi connectivity index (χ2n) is 4.67. The third-order valence-corrected chi connectivity index (χ3v) is 2.44. The molecule has 1 aromatic carbocycles. The molecule has 0 bridgehead atoms. The van der Waals surface area contributed by atoms with Gasteiger partial charge in [-0.2, -0.15) is 13.2 Å². The molecule has 0 amide bonds. The van der Waals surface area contributed by atoms with Crippen molar-refractivity contribution in [2.75, 3.05) is 6.61 Å². The van der Waals surface area contributed by atoms with Crippen LogP contribution in [0.2, 0.25) is 0 Å². The van der Waals surface area contributed by atoms with Crippen LogP contribution in [0.1, 0.15) is 38.5 Å². The molecule has 114 valence electrons. The molecule has 0 aliphatic rings. The largest absolute Gasteiger partial charge is 0.494 e. The van der Waals surface area contributed by atoms with Gasteiger partial charge in [0.2, 0.25) is 0 Å². The Bertz CT molecular complexity index is 388. The van der Waals surface area contributed by atoms with Crippen LogP contribution in [0.3, 0.4) is 0 Å². The lowest BCUT2D eigenvalue weighted by atomic mass is 10.2. The second-order valence-corrected chi connectivity index (χ2v) is 4.67. The SMILES string of the molecule is CC(C)OC(O)c1ccc(OCCCC(F)(F)F)cc1. The molecule has 0 radical (unpaired) electrons. The molecule has 0 fully saturated rings. The fourth-order valence-corrected chi connectivity index (χ4v) is 1.53. The minimum atomic E-state index is -4.15. The first-order valence-electron chi connectivity index (χ1n) is 6.41. The number of alkyl halides is 3.